The molecule has 1 amide bonds. The van der Waals surface area contributed by atoms with Gasteiger partial charge in [0.15, 0.2) is 5.76 Å². The molecule has 2 aliphatic rings. The fraction of sp³-hybridized carbons (Fsp3) is 0.450. The van der Waals surface area contributed by atoms with Gasteiger partial charge in [-0.1, -0.05) is 35.0 Å². The molecule has 0 radical (unpaired) electrons. The van der Waals surface area contributed by atoms with E-state index in [1.54, 1.807) is 6.92 Å². The lowest BCUT2D eigenvalue weighted by Crippen LogP contribution is -2.75. The second-order valence-corrected chi connectivity index (χ2v) is 9.92. The summed E-state index contributed by atoms with van der Waals surface area (Å²) in [5.41, 5.74) is 2.40. The first kappa shape index (κ1) is 18.9. The van der Waals surface area contributed by atoms with E-state index in [9.17, 15) is 14.7 Å². The van der Waals surface area contributed by atoms with E-state index in [4.69, 9.17) is 4.52 Å². The van der Waals surface area contributed by atoms with Gasteiger partial charge < -0.3 is 19.8 Å². The average Bonchev–Trinajstić information content (AvgIpc) is 3.11. The minimum atomic E-state index is -0.975. The summed E-state index contributed by atoms with van der Waals surface area (Å²) in [7, 11) is 0. The predicted molar refractivity (Wildman–Crippen MR) is 107 cm³/mol. The zero-order valence-corrected chi connectivity index (χ0v) is 17.3. The molecule has 2 fully saturated rings. The van der Waals surface area contributed by atoms with Gasteiger partial charge in [-0.25, -0.2) is 4.79 Å². The number of aryl methyl sites for hydroxylation is 2. The number of hydrogen-bond acceptors (Lipinski definition) is 6. The van der Waals surface area contributed by atoms with Crippen LogP contribution in [-0.4, -0.2) is 48.7 Å². The Labute approximate surface area is 167 Å². The molecule has 1 unspecified atom stereocenters. The lowest BCUT2D eigenvalue weighted by Gasteiger charge is -2.51. The van der Waals surface area contributed by atoms with E-state index in [1.807, 2.05) is 52.0 Å². The molecule has 1 aromatic heterocycles. The van der Waals surface area contributed by atoms with Crippen LogP contribution < -0.4 is 5.32 Å². The predicted octanol–water partition coefficient (Wildman–Crippen LogP) is 3.28. The quantitative estimate of drug-likeness (QED) is 0.759. The standard InChI is InChI=1S/C20H23N3O4S/c1-10-6-8-12(9-7-10)14-13(11(2)27-22-14)21-20(5)17(26)23-15(16(24)25)19(3,4)28-18(20)23/h6-9,15,18,21H,1-5H3,(H,24,25)/t15-,18+,20?/m0/s1. The van der Waals surface area contributed by atoms with Gasteiger partial charge in [-0.15, -0.1) is 11.8 Å². The van der Waals surface area contributed by atoms with Crippen molar-refractivity contribution < 1.29 is 19.2 Å². The summed E-state index contributed by atoms with van der Waals surface area (Å²) in [6, 6.07) is 7.07. The Hall–Kier alpha value is -2.48. The number of aromatic nitrogens is 1. The highest BCUT2D eigenvalue weighted by Gasteiger charge is 2.69. The number of fused-ring (bicyclic) bond motifs is 1. The number of anilines is 1. The van der Waals surface area contributed by atoms with E-state index in [2.05, 4.69) is 10.5 Å². The Morgan fingerprint density at radius 3 is 2.50 bits per heavy atom. The first-order chi connectivity index (χ1) is 13.1. The molecule has 0 spiro atoms. The number of amides is 1. The third-order valence-electron chi connectivity index (χ3n) is 5.58. The molecule has 3 heterocycles. The van der Waals surface area contributed by atoms with E-state index in [0.29, 0.717) is 17.1 Å². The third-order valence-corrected chi connectivity index (χ3v) is 7.34. The van der Waals surface area contributed by atoms with Crippen molar-refractivity contribution >= 4 is 29.3 Å². The number of nitrogens with zero attached hydrogens (tertiary/aromatic N) is 2. The molecule has 3 atom stereocenters. The summed E-state index contributed by atoms with van der Waals surface area (Å²) in [4.78, 5) is 26.3. The normalized spacial score (nSPS) is 28.0. The van der Waals surface area contributed by atoms with Crippen molar-refractivity contribution in [1.29, 1.82) is 0 Å². The molecule has 0 saturated carbocycles. The minimum absolute atomic E-state index is 0.224. The van der Waals surface area contributed by atoms with Gasteiger partial charge in [0.25, 0.3) is 5.91 Å². The number of aliphatic carboxylic acids is 1. The van der Waals surface area contributed by atoms with Crippen molar-refractivity contribution in [3.8, 4) is 11.3 Å². The minimum Gasteiger partial charge on any atom is -0.480 e. The van der Waals surface area contributed by atoms with Crippen LogP contribution in [0.3, 0.4) is 0 Å². The zero-order valence-electron chi connectivity index (χ0n) is 16.4. The molecular weight excluding hydrogens is 378 g/mol. The SMILES string of the molecule is Cc1ccc(-c2noc(C)c2NC2(C)C(=O)N3[C@@H](C(=O)O)C(C)(C)S[C@@H]32)cc1. The highest BCUT2D eigenvalue weighted by Crippen LogP contribution is 2.56. The molecule has 1 aromatic carbocycles. The van der Waals surface area contributed by atoms with Crippen LogP contribution in [0.2, 0.25) is 0 Å². The lowest BCUT2D eigenvalue weighted by molar-refractivity contribution is -0.163. The van der Waals surface area contributed by atoms with Gasteiger partial charge >= 0.3 is 5.97 Å². The number of β-lactam (4-membered cyclic amide) rings is 1. The Bertz CT molecular complexity index is 968. The summed E-state index contributed by atoms with van der Waals surface area (Å²) in [6.07, 6.45) is 0. The van der Waals surface area contributed by atoms with Crippen molar-refractivity contribution in [2.75, 3.05) is 5.32 Å². The van der Waals surface area contributed by atoms with Crippen LogP contribution in [-0.2, 0) is 9.59 Å². The highest BCUT2D eigenvalue weighted by molar-refractivity contribution is 8.01. The number of carbonyl (C=O) groups excluding carboxylic acids is 1. The van der Waals surface area contributed by atoms with Crippen molar-refractivity contribution in [2.24, 2.45) is 0 Å². The van der Waals surface area contributed by atoms with E-state index in [-0.39, 0.29) is 11.3 Å². The molecule has 4 rings (SSSR count). The van der Waals surface area contributed by atoms with Crippen LogP contribution in [0.1, 0.15) is 32.1 Å². The van der Waals surface area contributed by atoms with Gasteiger partial charge in [0.1, 0.15) is 28.3 Å². The molecule has 8 heteroatoms. The van der Waals surface area contributed by atoms with Gasteiger partial charge in [0, 0.05) is 10.3 Å². The number of thioether (sulfide) groups is 1. The molecular formula is C20H23N3O4S. The Morgan fingerprint density at radius 2 is 1.89 bits per heavy atom. The molecule has 2 N–H and O–H groups in total. The number of benzene rings is 1. The average molecular weight is 401 g/mol. The summed E-state index contributed by atoms with van der Waals surface area (Å²) in [5.74, 6) is -0.615. The second kappa shape index (κ2) is 6.01. The summed E-state index contributed by atoms with van der Waals surface area (Å²) >= 11 is 1.51. The molecule has 0 aliphatic carbocycles. The van der Waals surface area contributed by atoms with Gasteiger partial charge in [-0.05, 0) is 34.6 Å². The number of carboxylic acid groups (broad SMARTS) is 1. The highest BCUT2D eigenvalue weighted by atomic mass is 32.2. The maximum Gasteiger partial charge on any atom is 0.327 e. The largest absolute Gasteiger partial charge is 0.480 e. The number of rotatable bonds is 4. The van der Waals surface area contributed by atoms with Crippen LogP contribution in [0.4, 0.5) is 5.69 Å². The fourth-order valence-corrected chi connectivity index (χ4v) is 5.67. The Morgan fingerprint density at radius 1 is 1.25 bits per heavy atom. The first-order valence-corrected chi connectivity index (χ1v) is 9.99. The maximum atomic E-state index is 13.0. The maximum absolute atomic E-state index is 13.0. The molecule has 0 bridgehead atoms. The Kier molecular flexibility index (Phi) is 4.05. The smallest absolute Gasteiger partial charge is 0.327 e. The number of carbonyl (C=O) groups is 2. The topological polar surface area (TPSA) is 95.7 Å². The molecule has 148 valence electrons. The summed E-state index contributed by atoms with van der Waals surface area (Å²) < 4.78 is 4.83. The van der Waals surface area contributed by atoms with Crippen LogP contribution in [0, 0.1) is 13.8 Å². The van der Waals surface area contributed by atoms with Crippen LogP contribution >= 0.6 is 11.8 Å². The van der Waals surface area contributed by atoms with Gasteiger partial charge in [-0.3, -0.25) is 4.79 Å². The van der Waals surface area contributed by atoms with E-state index >= 15 is 0 Å². The Balaban J connectivity index is 1.68. The van der Waals surface area contributed by atoms with Gasteiger partial charge in [-0.2, -0.15) is 0 Å². The van der Waals surface area contributed by atoms with Crippen LogP contribution in [0.25, 0.3) is 11.3 Å². The number of carboxylic acids is 1. The van der Waals surface area contributed by atoms with Gasteiger partial charge in [0.05, 0.1) is 0 Å². The molecule has 2 saturated heterocycles. The monoisotopic (exact) mass is 401 g/mol. The fourth-order valence-electron chi connectivity index (χ4n) is 4.03. The van der Waals surface area contributed by atoms with E-state index < -0.39 is 22.3 Å². The van der Waals surface area contributed by atoms with Crippen LogP contribution in [0.15, 0.2) is 28.8 Å². The molecule has 7 nitrogen and oxygen atoms in total. The number of nitrogens with one attached hydrogen (secondary N) is 1. The zero-order chi connectivity index (χ0) is 20.4. The van der Waals surface area contributed by atoms with Crippen molar-refractivity contribution in [3.05, 3.63) is 35.6 Å². The van der Waals surface area contributed by atoms with Crippen molar-refractivity contribution in [3.63, 3.8) is 0 Å². The summed E-state index contributed by atoms with van der Waals surface area (Å²) in [5, 5.41) is 16.9. The first-order valence-electron chi connectivity index (χ1n) is 9.11. The van der Waals surface area contributed by atoms with E-state index in [0.717, 1.165) is 11.1 Å². The van der Waals surface area contributed by atoms with Crippen molar-refractivity contribution in [1.82, 2.24) is 10.1 Å². The molecule has 28 heavy (non-hydrogen) atoms. The molecule has 2 aromatic rings. The number of hydrogen-bond donors (Lipinski definition) is 2. The van der Waals surface area contributed by atoms with Gasteiger partial charge in [0.2, 0.25) is 0 Å². The van der Waals surface area contributed by atoms with Crippen LogP contribution in [0.5, 0.6) is 0 Å². The van der Waals surface area contributed by atoms with Crippen molar-refractivity contribution in [2.45, 2.75) is 56.3 Å². The lowest BCUT2D eigenvalue weighted by atomic mass is 9.85. The molecule has 2 aliphatic heterocycles. The third kappa shape index (κ3) is 2.54. The summed E-state index contributed by atoms with van der Waals surface area (Å²) in [6.45, 7) is 9.35. The van der Waals surface area contributed by atoms with E-state index in [1.165, 1.54) is 16.7 Å². The second-order valence-electron chi connectivity index (χ2n) is 8.18.